The number of rotatable bonds is 2. The molecule has 0 spiro atoms. The van der Waals surface area contributed by atoms with Gasteiger partial charge in [-0.15, -0.1) is 0 Å². The predicted octanol–water partition coefficient (Wildman–Crippen LogP) is 4.47. The molecule has 0 fully saturated rings. The maximum atomic E-state index is 13.5. The van der Waals surface area contributed by atoms with Crippen LogP contribution in [0.4, 0.5) is 13.2 Å². The number of nitrogens with two attached hydrogens (primary N) is 1. The fraction of sp³-hybridized carbons (Fsp3) is 0.0526. The first-order chi connectivity index (χ1) is 11.1. The Bertz CT molecular complexity index is 797. The van der Waals surface area contributed by atoms with Crippen LogP contribution in [0, 0.1) is 17.5 Å². The number of allylic oxidation sites excluding steroid dienone is 2. The van der Waals surface area contributed by atoms with Crippen LogP contribution in [-0.2, 0) is 0 Å². The van der Waals surface area contributed by atoms with Crippen molar-refractivity contribution in [3.8, 4) is 0 Å². The Kier molecular flexibility index (Phi) is 4.17. The van der Waals surface area contributed by atoms with E-state index in [2.05, 4.69) is 0 Å². The highest BCUT2D eigenvalue weighted by atomic mass is 19.2. The fourth-order valence-electron chi connectivity index (χ4n) is 2.53. The number of benzene rings is 2. The van der Waals surface area contributed by atoms with Gasteiger partial charge in [0.2, 0.25) is 0 Å². The van der Waals surface area contributed by atoms with Crippen molar-refractivity contribution < 1.29 is 13.2 Å². The molecule has 2 aromatic carbocycles. The van der Waals surface area contributed by atoms with E-state index >= 15 is 0 Å². The fourth-order valence-corrected chi connectivity index (χ4v) is 2.53. The molecule has 0 bridgehead atoms. The van der Waals surface area contributed by atoms with Gasteiger partial charge in [-0.2, -0.15) is 0 Å². The van der Waals surface area contributed by atoms with Crippen LogP contribution in [0.1, 0.15) is 11.1 Å². The average molecular weight is 313 g/mol. The standard InChI is InChI=1S/C19H14F3N/c20-16-10-13(11-17(21)19(16)22)14-7-4-8-18(23)15(14)9-12-5-2-1-3-6-12/h1-11,18H,23H2. The van der Waals surface area contributed by atoms with Gasteiger partial charge in [0, 0.05) is 6.04 Å². The SMILES string of the molecule is NC1C=CC=C(c2cc(F)c(F)c(F)c2)C1=Cc1ccccc1. The lowest BCUT2D eigenvalue weighted by atomic mass is 9.87. The monoisotopic (exact) mass is 313 g/mol. The zero-order valence-corrected chi connectivity index (χ0v) is 12.1. The van der Waals surface area contributed by atoms with Crippen molar-refractivity contribution in [1.82, 2.24) is 0 Å². The van der Waals surface area contributed by atoms with Crippen LogP contribution >= 0.6 is 0 Å². The Labute approximate surface area is 132 Å². The molecule has 1 nitrogen and oxygen atoms in total. The van der Waals surface area contributed by atoms with E-state index in [1.54, 1.807) is 18.2 Å². The normalized spacial score (nSPS) is 19.0. The van der Waals surface area contributed by atoms with Crippen LogP contribution in [-0.4, -0.2) is 6.04 Å². The second-order valence-electron chi connectivity index (χ2n) is 5.26. The molecule has 1 unspecified atom stereocenters. The summed E-state index contributed by atoms with van der Waals surface area (Å²) >= 11 is 0. The molecular weight excluding hydrogens is 299 g/mol. The van der Waals surface area contributed by atoms with E-state index in [0.717, 1.165) is 17.7 Å². The highest BCUT2D eigenvalue weighted by Crippen LogP contribution is 2.31. The van der Waals surface area contributed by atoms with E-state index in [9.17, 15) is 13.2 Å². The van der Waals surface area contributed by atoms with E-state index in [1.807, 2.05) is 36.4 Å². The summed E-state index contributed by atoms with van der Waals surface area (Å²) in [6.45, 7) is 0. The van der Waals surface area contributed by atoms with E-state index in [0.29, 0.717) is 11.1 Å². The van der Waals surface area contributed by atoms with Crippen LogP contribution in [0.5, 0.6) is 0 Å². The van der Waals surface area contributed by atoms with Gasteiger partial charge in [-0.25, -0.2) is 13.2 Å². The van der Waals surface area contributed by atoms with Gasteiger partial charge in [-0.05, 0) is 40.5 Å². The lowest BCUT2D eigenvalue weighted by Crippen LogP contribution is -2.22. The summed E-state index contributed by atoms with van der Waals surface area (Å²) in [4.78, 5) is 0. The van der Waals surface area contributed by atoms with Crippen LogP contribution in [0.15, 0.2) is 66.3 Å². The first-order valence-electron chi connectivity index (χ1n) is 7.12. The molecular formula is C19H14F3N. The first kappa shape index (κ1) is 15.3. The third kappa shape index (κ3) is 3.12. The van der Waals surface area contributed by atoms with Crippen molar-refractivity contribution in [2.75, 3.05) is 0 Å². The van der Waals surface area contributed by atoms with Crippen LogP contribution in [0.3, 0.4) is 0 Å². The Morgan fingerprint density at radius 2 is 1.61 bits per heavy atom. The summed E-state index contributed by atoms with van der Waals surface area (Å²) in [7, 11) is 0. The molecule has 0 amide bonds. The Balaban J connectivity index is 2.10. The minimum atomic E-state index is -1.47. The summed E-state index contributed by atoms with van der Waals surface area (Å²) < 4.78 is 40.2. The quantitative estimate of drug-likeness (QED) is 0.814. The van der Waals surface area contributed by atoms with Gasteiger partial charge >= 0.3 is 0 Å². The second kappa shape index (κ2) is 6.26. The third-order valence-corrected chi connectivity index (χ3v) is 3.67. The first-order valence-corrected chi connectivity index (χ1v) is 7.12. The van der Waals surface area contributed by atoms with Gasteiger partial charge < -0.3 is 5.73 Å². The molecule has 1 aliphatic carbocycles. The van der Waals surface area contributed by atoms with E-state index < -0.39 is 23.5 Å². The Morgan fingerprint density at radius 1 is 0.957 bits per heavy atom. The van der Waals surface area contributed by atoms with Gasteiger partial charge in [-0.3, -0.25) is 0 Å². The molecule has 1 atom stereocenters. The predicted molar refractivity (Wildman–Crippen MR) is 85.8 cm³/mol. The molecule has 0 heterocycles. The van der Waals surface area contributed by atoms with Crippen LogP contribution in [0.25, 0.3) is 11.6 Å². The number of halogens is 3. The second-order valence-corrected chi connectivity index (χ2v) is 5.26. The smallest absolute Gasteiger partial charge is 0.194 e. The molecule has 1 aliphatic rings. The van der Waals surface area contributed by atoms with Crippen LogP contribution in [0.2, 0.25) is 0 Å². The topological polar surface area (TPSA) is 26.0 Å². The van der Waals surface area contributed by atoms with Crippen molar-refractivity contribution in [1.29, 1.82) is 0 Å². The van der Waals surface area contributed by atoms with Gasteiger partial charge in [0.25, 0.3) is 0 Å². The maximum absolute atomic E-state index is 13.5. The van der Waals surface area contributed by atoms with Crippen molar-refractivity contribution in [3.05, 3.63) is 94.8 Å². The number of hydrogen-bond donors (Lipinski definition) is 1. The molecule has 0 aliphatic heterocycles. The molecule has 3 rings (SSSR count). The zero-order chi connectivity index (χ0) is 16.4. The molecule has 2 N–H and O–H groups in total. The van der Waals surface area contributed by atoms with Gasteiger partial charge in [0.1, 0.15) is 0 Å². The lowest BCUT2D eigenvalue weighted by molar-refractivity contribution is 0.446. The highest BCUT2D eigenvalue weighted by Gasteiger charge is 2.19. The molecule has 116 valence electrons. The molecule has 0 saturated carbocycles. The highest BCUT2D eigenvalue weighted by molar-refractivity contribution is 5.88. The molecule has 0 aromatic heterocycles. The molecule has 23 heavy (non-hydrogen) atoms. The summed E-state index contributed by atoms with van der Waals surface area (Å²) in [5.74, 6) is -3.91. The summed E-state index contributed by atoms with van der Waals surface area (Å²) in [5, 5.41) is 0. The Hall–Kier alpha value is -2.59. The summed E-state index contributed by atoms with van der Waals surface area (Å²) in [5.41, 5.74) is 8.56. The van der Waals surface area contributed by atoms with Crippen molar-refractivity contribution in [2.45, 2.75) is 6.04 Å². The molecule has 4 heteroatoms. The number of hydrogen-bond acceptors (Lipinski definition) is 1. The maximum Gasteiger partial charge on any atom is 0.194 e. The summed E-state index contributed by atoms with van der Waals surface area (Å²) in [6, 6.07) is 11.0. The van der Waals surface area contributed by atoms with E-state index in [1.165, 1.54) is 0 Å². The molecule has 0 saturated heterocycles. The zero-order valence-electron chi connectivity index (χ0n) is 12.1. The van der Waals surface area contributed by atoms with Crippen molar-refractivity contribution in [3.63, 3.8) is 0 Å². The van der Waals surface area contributed by atoms with Crippen molar-refractivity contribution in [2.24, 2.45) is 5.73 Å². The third-order valence-electron chi connectivity index (χ3n) is 3.67. The van der Waals surface area contributed by atoms with E-state index in [4.69, 9.17) is 5.73 Å². The minimum Gasteiger partial charge on any atom is -0.321 e. The van der Waals surface area contributed by atoms with E-state index in [-0.39, 0.29) is 5.56 Å². The lowest BCUT2D eigenvalue weighted by Gasteiger charge is -2.20. The average Bonchev–Trinajstić information content (AvgIpc) is 2.55. The minimum absolute atomic E-state index is 0.253. The van der Waals surface area contributed by atoms with Crippen LogP contribution < -0.4 is 5.73 Å². The molecule has 2 aromatic rings. The van der Waals surface area contributed by atoms with Gasteiger partial charge in [-0.1, -0.05) is 48.6 Å². The largest absolute Gasteiger partial charge is 0.321 e. The van der Waals surface area contributed by atoms with Gasteiger partial charge in [0.05, 0.1) is 0 Å². The van der Waals surface area contributed by atoms with Gasteiger partial charge in [0.15, 0.2) is 17.5 Å². The Morgan fingerprint density at radius 3 is 2.26 bits per heavy atom. The molecule has 0 radical (unpaired) electrons. The summed E-state index contributed by atoms with van der Waals surface area (Å²) in [6.07, 6.45) is 7.08. The van der Waals surface area contributed by atoms with Crippen molar-refractivity contribution >= 4 is 11.6 Å².